The Balaban J connectivity index is 2.91. The van der Waals surface area contributed by atoms with Gasteiger partial charge in [-0.25, -0.2) is 0 Å². The van der Waals surface area contributed by atoms with Crippen molar-refractivity contribution in [2.45, 2.75) is 131 Å². The average Bonchev–Trinajstić information content (AvgIpc) is 3.22. The highest BCUT2D eigenvalue weighted by molar-refractivity contribution is 5.79. The number of nitrogens with zero attached hydrogens (tertiary/aromatic N) is 4. The molecule has 0 radical (unpaired) electrons. The second-order valence-corrected chi connectivity index (χ2v) is 21.4. The van der Waals surface area contributed by atoms with Gasteiger partial charge in [0.25, 0.3) is 0 Å². The molecular weight excluding hydrogens is 943 g/mol. The molecule has 1 aliphatic rings. The van der Waals surface area contributed by atoms with Crippen molar-refractivity contribution in [3.63, 3.8) is 0 Å². The molecule has 1 atom stereocenters. The first-order valence-electron chi connectivity index (χ1n) is 25.4. The molecule has 22 heteroatoms. The number of aliphatic carboxylic acids is 1. The van der Waals surface area contributed by atoms with Crippen LogP contribution in [-0.2, 0) is 76.1 Å². The Labute approximate surface area is 429 Å². The molecule has 1 aliphatic heterocycles. The topological polar surface area (TPSA) is 240 Å². The molecule has 0 aromatic carbocycles. The largest absolute Gasteiger partial charge is 0.481 e. The molecule has 1 unspecified atom stereocenters. The number of nitrogens with one attached hydrogen (secondary N) is 1. The number of carboxylic acid groups (broad SMARTS) is 1. The molecule has 0 aromatic heterocycles. The Morgan fingerprint density at radius 3 is 1.06 bits per heavy atom. The Morgan fingerprint density at radius 1 is 0.431 bits per heavy atom. The number of rotatable bonds is 32. The number of amides is 1. The van der Waals surface area contributed by atoms with Crippen molar-refractivity contribution in [3.8, 4) is 0 Å². The SMILES string of the molecule is CC(C)(C)OC(=O)CN1CCN(CC(=O)OC(C)(C)C)CCN(C(CCC(=O)NCCOCCOCCOCCOCCOCCOCCC(=O)O)C(=O)OC(C)(C)C)CCN(CC(=O)OC(C)(C)C)CC1. The minimum Gasteiger partial charge on any atom is -0.481 e. The molecular formula is C50H93N5O17. The Morgan fingerprint density at radius 2 is 0.736 bits per heavy atom. The van der Waals surface area contributed by atoms with Gasteiger partial charge in [0.05, 0.1) is 105 Å². The predicted molar refractivity (Wildman–Crippen MR) is 267 cm³/mol. The lowest BCUT2D eigenvalue weighted by molar-refractivity contribution is -0.163. The summed E-state index contributed by atoms with van der Waals surface area (Å²) in [6.07, 6.45) is 0.110. The van der Waals surface area contributed by atoms with Gasteiger partial charge in [0.15, 0.2) is 0 Å². The van der Waals surface area contributed by atoms with Crippen LogP contribution in [0.15, 0.2) is 0 Å². The number of esters is 4. The van der Waals surface area contributed by atoms with Gasteiger partial charge in [-0.05, 0) is 89.5 Å². The van der Waals surface area contributed by atoms with Gasteiger partial charge in [-0.1, -0.05) is 0 Å². The second kappa shape index (κ2) is 35.6. The molecule has 420 valence electrons. The maximum atomic E-state index is 14.1. The van der Waals surface area contributed by atoms with Gasteiger partial charge >= 0.3 is 29.8 Å². The van der Waals surface area contributed by atoms with Crippen molar-refractivity contribution in [2.24, 2.45) is 0 Å². The van der Waals surface area contributed by atoms with Crippen LogP contribution in [0.1, 0.15) is 102 Å². The number of carbonyl (C=O) groups excluding carboxylic acids is 5. The van der Waals surface area contributed by atoms with E-state index < -0.39 is 58.3 Å². The normalized spacial score (nSPS) is 16.0. The van der Waals surface area contributed by atoms with Crippen LogP contribution in [0.4, 0.5) is 0 Å². The lowest BCUT2D eigenvalue weighted by Gasteiger charge is -2.37. The Bertz CT molecular complexity index is 1510. The minimum atomic E-state index is -0.900. The third kappa shape index (κ3) is 39.0. The smallest absolute Gasteiger partial charge is 0.323 e. The van der Waals surface area contributed by atoms with Gasteiger partial charge in [-0.15, -0.1) is 0 Å². The highest BCUT2D eigenvalue weighted by atomic mass is 16.6. The monoisotopic (exact) mass is 1040 g/mol. The number of hydrogen-bond donors (Lipinski definition) is 2. The van der Waals surface area contributed by atoms with E-state index in [1.165, 1.54) is 0 Å². The van der Waals surface area contributed by atoms with Crippen LogP contribution >= 0.6 is 0 Å². The molecule has 1 heterocycles. The van der Waals surface area contributed by atoms with E-state index in [2.05, 4.69) is 5.32 Å². The molecule has 0 spiro atoms. The zero-order chi connectivity index (χ0) is 54.2. The van der Waals surface area contributed by atoms with E-state index in [1.54, 1.807) is 62.3 Å². The fourth-order valence-corrected chi connectivity index (χ4v) is 6.81. The first kappa shape index (κ1) is 66.4. The molecule has 0 saturated carbocycles. The number of carboxylic acids is 1. The number of carbonyl (C=O) groups is 6. The van der Waals surface area contributed by atoms with Crippen molar-refractivity contribution in [3.05, 3.63) is 0 Å². The summed E-state index contributed by atoms with van der Waals surface area (Å²) in [4.78, 5) is 85.1. The van der Waals surface area contributed by atoms with E-state index in [4.69, 9.17) is 52.5 Å². The molecule has 2 N–H and O–H groups in total. The van der Waals surface area contributed by atoms with E-state index in [9.17, 15) is 28.8 Å². The summed E-state index contributed by atoms with van der Waals surface area (Å²) in [6, 6.07) is -0.853. The van der Waals surface area contributed by atoms with Crippen LogP contribution in [0.25, 0.3) is 0 Å². The Kier molecular flexibility index (Phi) is 32.8. The summed E-state index contributed by atoms with van der Waals surface area (Å²) in [7, 11) is 0. The van der Waals surface area contributed by atoms with E-state index in [-0.39, 0.29) is 64.6 Å². The zero-order valence-electron chi connectivity index (χ0n) is 45.9. The quantitative estimate of drug-likeness (QED) is 0.0559. The van der Waals surface area contributed by atoms with Crippen LogP contribution in [0.5, 0.6) is 0 Å². The molecule has 72 heavy (non-hydrogen) atoms. The van der Waals surface area contributed by atoms with Gasteiger partial charge in [0.1, 0.15) is 28.4 Å². The summed E-state index contributed by atoms with van der Waals surface area (Å²) in [5.74, 6) is -2.89. The molecule has 0 aromatic rings. The zero-order valence-corrected chi connectivity index (χ0v) is 45.9. The van der Waals surface area contributed by atoms with Gasteiger partial charge in [-0.2, -0.15) is 0 Å². The van der Waals surface area contributed by atoms with Gasteiger partial charge in [0, 0.05) is 65.3 Å². The van der Waals surface area contributed by atoms with Crippen LogP contribution in [0.2, 0.25) is 0 Å². The van der Waals surface area contributed by atoms with E-state index in [0.717, 1.165) is 0 Å². The van der Waals surface area contributed by atoms with Crippen molar-refractivity contribution < 1.29 is 81.2 Å². The molecule has 0 bridgehead atoms. The summed E-state index contributed by atoms with van der Waals surface area (Å²) in [6.45, 7) is 28.7. The Hall–Kier alpha value is -3.58. The minimum absolute atomic E-state index is 0.000832. The van der Waals surface area contributed by atoms with Crippen LogP contribution < -0.4 is 5.32 Å². The second-order valence-electron chi connectivity index (χ2n) is 21.4. The molecule has 1 saturated heterocycles. The molecule has 1 fully saturated rings. The van der Waals surface area contributed by atoms with Gasteiger partial charge < -0.3 is 57.8 Å². The van der Waals surface area contributed by atoms with Gasteiger partial charge in [-0.3, -0.25) is 48.4 Å². The van der Waals surface area contributed by atoms with Crippen molar-refractivity contribution in [1.29, 1.82) is 0 Å². The standard InChI is InChI=1S/C50H93N5O17/c1-47(2,3)69-43(59)37-52-17-19-53(38-44(60)70-48(4,5)6)21-23-55(24-22-54(20-18-52)39-45(61)71-49(7,8)9)40(46(62)72-50(10,11)12)13-14-41(56)51-16-26-64-28-30-66-32-34-68-36-35-67-33-31-65-29-27-63-25-15-42(57)58/h40H,13-39H2,1-12H3,(H,51,56)(H,57,58). The third-order valence-electron chi connectivity index (χ3n) is 9.84. The molecule has 0 aliphatic carbocycles. The lowest BCUT2D eigenvalue weighted by Crippen LogP contribution is -2.53. The van der Waals surface area contributed by atoms with Crippen molar-refractivity contribution in [2.75, 3.05) is 158 Å². The van der Waals surface area contributed by atoms with Crippen LogP contribution in [0.3, 0.4) is 0 Å². The summed E-state index contributed by atoms with van der Waals surface area (Å²) in [5.41, 5.74) is -2.93. The van der Waals surface area contributed by atoms with Crippen LogP contribution in [-0.4, -0.2) is 247 Å². The van der Waals surface area contributed by atoms with E-state index in [1.807, 2.05) is 40.4 Å². The molecule has 1 amide bonds. The lowest BCUT2D eigenvalue weighted by atomic mass is 10.1. The van der Waals surface area contributed by atoms with E-state index in [0.29, 0.717) is 118 Å². The molecule has 22 nitrogen and oxygen atoms in total. The fraction of sp³-hybridized carbons (Fsp3) is 0.880. The summed E-state index contributed by atoms with van der Waals surface area (Å²) >= 11 is 0. The first-order valence-corrected chi connectivity index (χ1v) is 25.4. The highest BCUT2D eigenvalue weighted by Crippen LogP contribution is 2.18. The first-order chi connectivity index (χ1) is 33.6. The fourth-order valence-electron chi connectivity index (χ4n) is 6.81. The van der Waals surface area contributed by atoms with Gasteiger partial charge in [0.2, 0.25) is 5.91 Å². The maximum absolute atomic E-state index is 14.1. The summed E-state index contributed by atoms with van der Waals surface area (Å²) < 4.78 is 55.6. The number of hydrogen-bond acceptors (Lipinski definition) is 20. The summed E-state index contributed by atoms with van der Waals surface area (Å²) in [5, 5.41) is 11.5. The predicted octanol–water partition coefficient (Wildman–Crippen LogP) is 2.41. The third-order valence-corrected chi connectivity index (χ3v) is 9.84. The molecule has 1 rings (SSSR count). The van der Waals surface area contributed by atoms with E-state index >= 15 is 0 Å². The average molecular weight is 1040 g/mol. The van der Waals surface area contributed by atoms with Crippen LogP contribution in [0, 0.1) is 0 Å². The van der Waals surface area contributed by atoms with Crippen molar-refractivity contribution >= 4 is 35.8 Å². The number of ether oxygens (including phenoxy) is 10. The highest BCUT2D eigenvalue weighted by Gasteiger charge is 2.33. The van der Waals surface area contributed by atoms with Crippen molar-refractivity contribution in [1.82, 2.24) is 24.9 Å². The maximum Gasteiger partial charge on any atom is 0.323 e.